The van der Waals surface area contributed by atoms with E-state index in [2.05, 4.69) is 5.32 Å². The molecule has 0 heterocycles. The van der Waals surface area contributed by atoms with Crippen LogP contribution in [0.5, 0.6) is 0 Å². The largest absolute Gasteiger partial charge is 0.444 e. The monoisotopic (exact) mass is 285 g/mol. The van der Waals surface area contributed by atoms with Crippen LogP contribution in [0, 0.1) is 5.92 Å². The number of Topliss-reactive ketones (excluding diaryl/α,β-unsaturated/α-hetero) is 1. The smallest absolute Gasteiger partial charge is 0.407 e. The van der Waals surface area contributed by atoms with Gasteiger partial charge in [0.25, 0.3) is 0 Å². The predicted molar refractivity (Wildman–Crippen MR) is 76.6 cm³/mol. The fourth-order valence-electron chi connectivity index (χ4n) is 2.51. The molecule has 2 unspecified atom stereocenters. The minimum absolute atomic E-state index is 0.162. The minimum Gasteiger partial charge on any atom is -0.444 e. The van der Waals surface area contributed by atoms with Gasteiger partial charge in [-0.3, -0.25) is 4.79 Å². The SMILES string of the molecule is COCC(NC(=O)OC(C)(C)C)C1CCCCCC1=O. The lowest BCUT2D eigenvalue weighted by molar-refractivity contribution is -0.124. The van der Waals surface area contributed by atoms with Crippen LogP contribution in [0.3, 0.4) is 0 Å². The predicted octanol–water partition coefficient (Wildman–Crippen LogP) is 2.68. The standard InChI is InChI=1S/C15H27NO4/c1-15(2,3)20-14(18)16-12(10-19-4)11-8-6-5-7-9-13(11)17/h11-12H,5-10H2,1-4H3,(H,16,18). The number of hydrogen-bond acceptors (Lipinski definition) is 4. The zero-order valence-electron chi connectivity index (χ0n) is 13.0. The first-order chi connectivity index (χ1) is 9.33. The van der Waals surface area contributed by atoms with Crippen molar-refractivity contribution in [3.8, 4) is 0 Å². The summed E-state index contributed by atoms with van der Waals surface area (Å²) in [5, 5.41) is 2.80. The molecular weight excluding hydrogens is 258 g/mol. The van der Waals surface area contributed by atoms with Crippen LogP contribution in [0.25, 0.3) is 0 Å². The number of hydrogen-bond donors (Lipinski definition) is 1. The van der Waals surface area contributed by atoms with Gasteiger partial charge in [0.1, 0.15) is 11.4 Å². The second kappa shape index (κ2) is 7.62. The average molecular weight is 285 g/mol. The first kappa shape index (κ1) is 17.0. The number of carbonyl (C=O) groups is 2. The summed E-state index contributed by atoms with van der Waals surface area (Å²) in [7, 11) is 1.57. The van der Waals surface area contributed by atoms with Gasteiger partial charge >= 0.3 is 6.09 Å². The van der Waals surface area contributed by atoms with Gasteiger partial charge in [0, 0.05) is 19.4 Å². The van der Waals surface area contributed by atoms with E-state index in [0.29, 0.717) is 13.0 Å². The van der Waals surface area contributed by atoms with Crippen molar-refractivity contribution >= 4 is 11.9 Å². The highest BCUT2D eigenvalue weighted by Gasteiger charge is 2.31. The van der Waals surface area contributed by atoms with Crippen LogP contribution in [-0.2, 0) is 14.3 Å². The molecule has 0 aromatic carbocycles. The van der Waals surface area contributed by atoms with E-state index >= 15 is 0 Å². The Morgan fingerprint density at radius 2 is 2.05 bits per heavy atom. The highest BCUT2D eigenvalue weighted by atomic mass is 16.6. The van der Waals surface area contributed by atoms with E-state index in [1.807, 2.05) is 20.8 Å². The Labute approximate surface area is 121 Å². The van der Waals surface area contributed by atoms with Gasteiger partial charge in [-0.15, -0.1) is 0 Å². The van der Waals surface area contributed by atoms with Gasteiger partial charge in [0.05, 0.1) is 12.6 Å². The maximum absolute atomic E-state index is 12.1. The minimum atomic E-state index is -0.546. The molecule has 5 heteroatoms. The first-order valence-corrected chi connectivity index (χ1v) is 7.34. The fourth-order valence-corrected chi connectivity index (χ4v) is 2.51. The molecule has 0 aromatic rings. The molecule has 1 aliphatic carbocycles. The summed E-state index contributed by atoms with van der Waals surface area (Å²) in [4.78, 5) is 24.0. The number of ether oxygens (including phenoxy) is 2. The van der Waals surface area contributed by atoms with E-state index in [1.54, 1.807) is 7.11 Å². The third-order valence-corrected chi connectivity index (χ3v) is 3.39. The van der Waals surface area contributed by atoms with E-state index in [4.69, 9.17) is 9.47 Å². The molecule has 0 saturated heterocycles. The molecule has 1 aliphatic rings. The quantitative estimate of drug-likeness (QED) is 0.807. The van der Waals surface area contributed by atoms with E-state index in [-0.39, 0.29) is 17.7 Å². The molecule has 1 saturated carbocycles. The topological polar surface area (TPSA) is 64.6 Å². The number of nitrogens with one attached hydrogen (secondary N) is 1. The molecule has 20 heavy (non-hydrogen) atoms. The van der Waals surface area contributed by atoms with Crippen molar-refractivity contribution in [1.29, 1.82) is 0 Å². The van der Waals surface area contributed by atoms with Crippen molar-refractivity contribution in [2.24, 2.45) is 5.92 Å². The average Bonchev–Trinajstić information content (AvgIpc) is 2.51. The molecule has 116 valence electrons. The number of carbonyl (C=O) groups excluding carboxylic acids is 2. The summed E-state index contributed by atoms with van der Waals surface area (Å²) in [5.74, 6) is 0.0607. The Hall–Kier alpha value is -1.10. The van der Waals surface area contributed by atoms with E-state index in [1.165, 1.54) is 0 Å². The third kappa shape index (κ3) is 5.90. The van der Waals surface area contributed by atoms with E-state index < -0.39 is 11.7 Å². The lowest BCUT2D eigenvalue weighted by atomic mass is 9.91. The second-order valence-electron chi connectivity index (χ2n) is 6.38. The molecular formula is C15H27NO4. The zero-order valence-corrected chi connectivity index (χ0v) is 13.0. The van der Waals surface area contributed by atoms with Gasteiger partial charge in [0.15, 0.2) is 0 Å². The van der Waals surface area contributed by atoms with Crippen LogP contribution in [0.4, 0.5) is 4.79 Å². The van der Waals surface area contributed by atoms with Crippen LogP contribution >= 0.6 is 0 Å². The Kier molecular flexibility index (Phi) is 6.46. The summed E-state index contributed by atoms with van der Waals surface area (Å²) in [6, 6.07) is -0.305. The Morgan fingerprint density at radius 1 is 1.35 bits per heavy atom. The summed E-state index contributed by atoms with van der Waals surface area (Å²) in [6.45, 7) is 5.77. The van der Waals surface area contributed by atoms with Gasteiger partial charge in [-0.05, 0) is 33.6 Å². The Bertz CT molecular complexity index is 335. The number of ketones is 1. The summed E-state index contributed by atoms with van der Waals surface area (Å²) >= 11 is 0. The molecule has 0 spiro atoms. The van der Waals surface area contributed by atoms with Crippen LogP contribution in [-0.4, -0.2) is 37.2 Å². The molecule has 0 aromatic heterocycles. The zero-order chi connectivity index (χ0) is 15.2. The van der Waals surface area contributed by atoms with Gasteiger partial charge < -0.3 is 14.8 Å². The number of methoxy groups -OCH3 is 1. The number of amides is 1. The maximum Gasteiger partial charge on any atom is 0.407 e. The normalized spacial score (nSPS) is 22.0. The van der Waals surface area contributed by atoms with Crippen molar-refractivity contribution in [1.82, 2.24) is 5.32 Å². The number of alkyl carbamates (subject to hydrolysis) is 1. The number of rotatable bonds is 4. The molecule has 0 aliphatic heterocycles. The van der Waals surface area contributed by atoms with Crippen molar-refractivity contribution in [2.75, 3.05) is 13.7 Å². The molecule has 1 N–H and O–H groups in total. The maximum atomic E-state index is 12.1. The fraction of sp³-hybridized carbons (Fsp3) is 0.867. The van der Waals surface area contributed by atoms with E-state index in [0.717, 1.165) is 25.7 Å². The lowest BCUT2D eigenvalue weighted by Crippen LogP contribution is -2.47. The molecule has 0 radical (unpaired) electrons. The lowest BCUT2D eigenvalue weighted by Gasteiger charge is -2.27. The van der Waals surface area contributed by atoms with Crippen LogP contribution in [0.1, 0.15) is 52.9 Å². The first-order valence-electron chi connectivity index (χ1n) is 7.34. The van der Waals surface area contributed by atoms with Crippen molar-refractivity contribution in [3.05, 3.63) is 0 Å². The molecule has 1 fully saturated rings. The van der Waals surface area contributed by atoms with Gasteiger partial charge in [-0.1, -0.05) is 12.8 Å². The third-order valence-electron chi connectivity index (χ3n) is 3.39. The summed E-state index contributed by atoms with van der Waals surface area (Å²) in [5.41, 5.74) is -0.546. The van der Waals surface area contributed by atoms with Gasteiger partial charge in [0.2, 0.25) is 0 Å². The van der Waals surface area contributed by atoms with Gasteiger partial charge in [-0.2, -0.15) is 0 Å². The van der Waals surface area contributed by atoms with Crippen LogP contribution in [0.2, 0.25) is 0 Å². The second-order valence-corrected chi connectivity index (χ2v) is 6.38. The molecule has 1 amide bonds. The Morgan fingerprint density at radius 3 is 2.65 bits per heavy atom. The highest BCUT2D eigenvalue weighted by Crippen LogP contribution is 2.23. The summed E-state index contributed by atoms with van der Waals surface area (Å²) in [6.07, 6.45) is 3.96. The summed E-state index contributed by atoms with van der Waals surface area (Å²) < 4.78 is 10.4. The van der Waals surface area contributed by atoms with Crippen LogP contribution in [0.15, 0.2) is 0 Å². The van der Waals surface area contributed by atoms with Crippen molar-refractivity contribution in [3.63, 3.8) is 0 Å². The molecule has 0 bridgehead atoms. The van der Waals surface area contributed by atoms with Crippen molar-refractivity contribution < 1.29 is 19.1 Å². The molecule has 2 atom stereocenters. The van der Waals surface area contributed by atoms with Crippen LogP contribution < -0.4 is 5.32 Å². The Balaban J connectivity index is 2.67. The highest BCUT2D eigenvalue weighted by molar-refractivity contribution is 5.82. The molecule has 1 rings (SSSR count). The van der Waals surface area contributed by atoms with Gasteiger partial charge in [-0.25, -0.2) is 4.79 Å². The van der Waals surface area contributed by atoms with E-state index in [9.17, 15) is 9.59 Å². The molecule has 5 nitrogen and oxygen atoms in total. The van der Waals surface area contributed by atoms with Crippen molar-refractivity contribution in [2.45, 2.75) is 64.5 Å².